The van der Waals surface area contributed by atoms with E-state index in [2.05, 4.69) is 25.6 Å². The lowest BCUT2D eigenvalue weighted by molar-refractivity contribution is 0.377. The van der Waals surface area contributed by atoms with E-state index in [-0.39, 0.29) is 0 Å². The number of nitrogens with zero attached hydrogens (tertiary/aromatic N) is 3. The van der Waals surface area contributed by atoms with E-state index >= 15 is 0 Å². The molecular weight excluding hydrogens is 451 g/mol. The molecule has 1 aliphatic rings. The van der Waals surface area contributed by atoms with E-state index in [4.69, 9.17) is 28.2 Å². The van der Waals surface area contributed by atoms with Crippen LogP contribution in [0, 0.1) is 5.92 Å². The first-order valence-electron chi connectivity index (χ1n) is 10.3. The van der Waals surface area contributed by atoms with Crippen LogP contribution in [0.2, 0.25) is 10.0 Å². The first-order chi connectivity index (χ1) is 15.2. The number of halogens is 2. The van der Waals surface area contributed by atoms with Crippen LogP contribution in [0.15, 0.2) is 36.0 Å². The molecule has 4 aromatic rings. The Bertz CT molecular complexity index is 1160. The normalized spacial score (nSPS) is 16.6. The van der Waals surface area contributed by atoms with Crippen LogP contribution < -0.4 is 10.6 Å². The first-order valence-corrected chi connectivity index (χ1v) is 12.0. The van der Waals surface area contributed by atoms with Crippen molar-refractivity contribution in [1.82, 2.24) is 25.3 Å². The molecule has 0 radical (unpaired) electrons. The van der Waals surface area contributed by atoms with Crippen molar-refractivity contribution in [3.8, 4) is 11.3 Å². The van der Waals surface area contributed by atoms with Crippen LogP contribution in [0.25, 0.3) is 22.3 Å². The molecule has 3 N–H and O–H groups in total. The number of piperidine rings is 1. The summed E-state index contributed by atoms with van der Waals surface area (Å²) < 4.78 is 0. The standard InChI is InChI=1S/C22H22Cl2N6S/c23-15-4-1-5-16(24)19(15)21-14(9-13-3-2-6-25-10-13)20-17(29-21)11-27-22(30-20)28-12-18-26-7-8-31-18/h1,4-5,7-8,11,13,25,29H,2-3,6,9-10,12H2,(H,27,28,30)/t13-/m0/s1. The third-order valence-electron chi connectivity index (χ3n) is 5.62. The third kappa shape index (κ3) is 4.41. The molecule has 1 aromatic carbocycles. The number of nitrogens with one attached hydrogen (secondary N) is 3. The summed E-state index contributed by atoms with van der Waals surface area (Å²) in [6, 6.07) is 5.60. The SMILES string of the molecule is Clc1cccc(Cl)c1-c1[nH]c2cnc(NCc3nccs3)nc2c1C[C@@H]1CCCNC1. The quantitative estimate of drug-likeness (QED) is 0.343. The monoisotopic (exact) mass is 472 g/mol. The first kappa shape index (κ1) is 20.7. The average Bonchev–Trinajstić information content (AvgIpc) is 3.41. The van der Waals surface area contributed by atoms with Gasteiger partial charge in [0, 0.05) is 22.7 Å². The van der Waals surface area contributed by atoms with E-state index in [0.29, 0.717) is 28.5 Å². The van der Waals surface area contributed by atoms with Crippen molar-refractivity contribution in [2.45, 2.75) is 25.8 Å². The number of anilines is 1. The van der Waals surface area contributed by atoms with E-state index in [0.717, 1.165) is 52.4 Å². The second-order valence-electron chi connectivity index (χ2n) is 7.73. The highest BCUT2D eigenvalue weighted by molar-refractivity contribution is 7.09. The Kier molecular flexibility index (Phi) is 6.09. The van der Waals surface area contributed by atoms with Crippen LogP contribution in [-0.2, 0) is 13.0 Å². The number of aromatic nitrogens is 4. The zero-order chi connectivity index (χ0) is 21.2. The molecular formula is C22H22Cl2N6S. The summed E-state index contributed by atoms with van der Waals surface area (Å²) >= 11 is 14.8. The van der Waals surface area contributed by atoms with Gasteiger partial charge < -0.3 is 15.6 Å². The predicted octanol–water partition coefficient (Wildman–Crippen LogP) is 5.54. The highest BCUT2D eigenvalue weighted by Crippen LogP contribution is 2.39. The molecule has 1 atom stereocenters. The topological polar surface area (TPSA) is 78.5 Å². The van der Waals surface area contributed by atoms with E-state index < -0.39 is 0 Å². The van der Waals surface area contributed by atoms with Crippen molar-refractivity contribution in [1.29, 1.82) is 0 Å². The number of H-pyrrole nitrogens is 1. The van der Waals surface area contributed by atoms with Gasteiger partial charge in [-0.15, -0.1) is 11.3 Å². The number of thiazole rings is 1. The van der Waals surface area contributed by atoms with Crippen molar-refractivity contribution in [2.75, 3.05) is 18.4 Å². The summed E-state index contributed by atoms with van der Waals surface area (Å²) in [5.41, 5.74) is 4.68. The molecule has 5 rings (SSSR count). The molecule has 0 saturated carbocycles. The molecule has 4 heterocycles. The Morgan fingerprint density at radius 2 is 2.06 bits per heavy atom. The van der Waals surface area contributed by atoms with Gasteiger partial charge >= 0.3 is 0 Å². The number of fused-ring (bicyclic) bond motifs is 1. The van der Waals surface area contributed by atoms with Crippen molar-refractivity contribution >= 4 is 51.5 Å². The van der Waals surface area contributed by atoms with Crippen molar-refractivity contribution < 1.29 is 0 Å². The van der Waals surface area contributed by atoms with Gasteiger partial charge in [-0.3, -0.25) is 0 Å². The van der Waals surface area contributed by atoms with Gasteiger partial charge in [-0.2, -0.15) is 0 Å². The number of rotatable bonds is 6. The molecule has 0 aliphatic carbocycles. The molecule has 1 fully saturated rings. The molecule has 0 unspecified atom stereocenters. The molecule has 0 bridgehead atoms. The lowest BCUT2D eigenvalue weighted by atomic mass is 9.91. The van der Waals surface area contributed by atoms with Crippen molar-refractivity contribution in [3.63, 3.8) is 0 Å². The summed E-state index contributed by atoms with van der Waals surface area (Å²) in [5, 5.41) is 11.0. The fraction of sp³-hybridized carbons (Fsp3) is 0.318. The van der Waals surface area contributed by atoms with Crippen LogP contribution in [0.3, 0.4) is 0 Å². The van der Waals surface area contributed by atoms with Crippen LogP contribution in [0.5, 0.6) is 0 Å². The summed E-state index contributed by atoms with van der Waals surface area (Å²) in [6.07, 6.45) is 6.89. The van der Waals surface area contributed by atoms with Gasteiger partial charge in [-0.25, -0.2) is 15.0 Å². The van der Waals surface area contributed by atoms with E-state index in [9.17, 15) is 0 Å². The average molecular weight is 473 g/mol. The zero-order valence-corrected chi connectivity index (χ0v) is 19.1. The lowest BCUT2D eigenvalue weighted by Crippen LogP contribution is -2.30. The van der Waals surface area contributed by atoms with Crippen LogP contribution in [0.4, 0.5) is 5.95 Å². The van der Waals surface area contributed by atoms with Crippen molar-refractivity contribution in [2.24, 2.45) is 5.92 Å². The largest absolute Gasteiger partial charge is 0.352 e. The summed E-state index contributed by atoms with van der Waals surface area (Å²) in [4.78, 5) is 17.2. The summed E-state index contributed by atoms with van der Waals surface area (Å²) in [7, 11) is 0. The second-order valence-corrected chi connectivity index (χ2v) is 9.52. The maximum atomic E-state index is 6.57. The van der Waals surface area contributed by atoms with Gasteiger partial charge in [-0.1, -0.05) is 29.3 Å². The Balaban J connectivity index is 1.57. The van der Waals surface area contributed by atoms with Gasteiger partial charge in [-0.05, 0) is 50.4 Å². The fourth-order valence-electron chi connectivity index (χ4n) is 4.15. The van der Waals surface area contributed by atoms with Gasteiger partial charge in [0.25, 0.3) is 0 Å². The van der Waals surface area contributed by atoms with E-state index in [1.165, 1.54) is 12.8 Å². The fourth-order valence-corrected chi connectivity index (χ4v) is 5.29. The van der Waals surface area contributed by atoms with E-state index in [1.54, 1.807) is 17.5 Å². The molecule has 0 amide bonds. The molecule has 3 aromatic heterocycles. The Hall–Kier alpha value is -2.19. The highest BCUT2D eigenvalue weighted by Gasteiger charge is 2.23. The smallest absolute Gasteiger partial charge is 0.223 e. The molecule has 1 saturated heterocycles. The minimum Gasteiger partial charge on any atom is -0.352 e. The number of benzene rings is 1. The number of aromatic amines is 1. The van der Waals surface area contributed by atoms with Crippen LogP contribution in [-0.4, -0.2) is 33.0 Å². The minimum atomic E-state index is 0.537. The maximum absolute atomic E-state index is 6.57. The molecule has 31 heavy (non-hydrogen) atoms. The molecule has 1 aliphatic heterocycles. The number of hydrogen-bond acceptors (Lipinski definition) is 6. The summed E-state index contributed by atoms with van der Waals surface area (Å²) in [5.74, 6) is 1.12. The third-order valence-corrected chi connectivity index (χ3v) is 7.03. The van der Waals surface area contributed by atoms with Crippen LogP contribution >= 0.6 is 34.5 Å². The Labute approximate surface area is 194 Å². The highest BCUT2D eigenvalue weighted by atomic mass is 35.5. The van der Waals surface area contributed by atoms with Gasteiger partial charge in [0.05, 0.1) is 39.5 Å². The van der Waals surface area contributed by atoms with Gasteiger partial charge in [0.2, 0.25) is 5.95 Å². The Morgan fingerprint density at radius 1 is 1.19 bits per heavy atom. The van der Waals surface area contributed by atoms with Crippen molar-refractivity contribution in [3.05, 3.63) is 56.6 Å². The summed E-state index contributed by atoms with van der Waals surface area (Å²) in [6.45, 7) is 2.68. The molecule has 160 valence electrons. The molecule has 0 spiro atoms. The minimum absolute atomic E-state index is 0.537. The zero-order valence-electron chi connectivity index (χ0n) is 16.8. The van der Waals surface area contributed by atoms with E-state index in [1.807, 2.05) is 29.8 Å². The molecule has 6 nitrogen and oxygen atoms in total. The molecule has 9 heteroatoms. The lowest BCUT2D eigenvalue weighted by Gasteiger charge is -2.23. The van der Waals surface area contributed by atoms with Gasteiger partial charge in [0.15, 0.2) is 0 Å². The maximum Gasteiger partial charge on any atom is 0.223 e. The number of hydrogen-bond donors (Lipinski definition) is 3. The van der Waals surface area contributed by atoms with Crippen LogP contribution in [0.1, 0.15) is 23.4 Å². The van der Waals surface area contributed by atoms with Gasteiger partial charge in [0.1, 0.15) is 5.01 Å². The Morgan fingerprint density at radius 3 is 2.81 bits per heavy atom. The second kappa shape index (κ2) is 9.12. The predicted molar refractivity (Wildman–Crippen MR) is 128 cm³/mol.